The molecule has 3 nitrogen and oxygen atoms in total. The zero-order valence-electron chi connectivity index (χ0n) is 13.4. The van der Waals surface area contributed by atoms with E-state index in [1.54, 1.807) is 0 Å². The first-order valence-corrected chi connectivity index (χ1v) is 8.39. The Hall–Kier alpha value is -1.78. The first-order chi connectivity index (χ1) is 11.3. The van der Waals surface area contributed by atoms with Crippen LogP contribution in [0, 0.1) is 5.82 Å². The summed E-state index contributed by atoms with van der Waals surface area (Å²) in [5.41, 5.74) is 2.50. The van der Waals surface area contributed by atoms with Crippen LogP contribution >= 0.6 is 0 Å². The highest BCUT2D eigenvalue weighted by Gasteiger charge is 2.18. The van der Waals surface area contributed by atoms with Crippen LogP contribution in [-0.2, 0) is 13.0 Å². The Morgan fingerprint density at radius 1 is 1.00 bits per heavy atom. The van der Waals surface area contributed by atoms with Crippen molar-refractivity contribution in [3.05, 3.63) is 65.7 Å². The van der Waals surface area contributed by atoms with Crippen LogP contribution in [0.25, 0.3) is 0 Å². The van der Waals surface area contributed by atoms with Crippen LogP contribution in [0.15, 0.2) is 48.8 Å². The topological polar surface area (TPSA) is 28.2 Å². The van der Waals surface area contributed by atoms with E-state index in [0.29, 0.717) is 6.04 Å². The molecule has 0 bridgehead atoms. The second kappa shape index (κ2) is 8.18. The van der Waals surface area contributed by atoms with Gasteiger partial charge in [0.2, 0.25) is 0 Å². The summed E-state index contributed by atoms with van der Waals surface area (Å²) in [7, 11) is 0. The molecule has 4 heteroatoms. The fraction of sp³-hybridized carbons (Fsp3) is 0.421. The lowest BCUT2D eigenvalue weighted by atomic mass is 10.0. The molecular weight excluding hydrogens is 289 g/mol. The van der Waals surface area contributed by atoms with Gasteiger partial charge in [-0.3, -0.25) is 4.98 Å². The van der Waals surface area contributed by atoms with Gasteiger partial charge in [0.05, 0.1) is 0 Å². The van der Waals surface area contributed by atoms with Gasteiger partial charge in [0.1, 0.15) is 5.82 Å². The van der Waals surface area contributed by atoms with Crippen molar-refractivity contribution in [3.8, 4) is 0 Å². The van der Waals surface area contributed by atoms with Gasteiger partial charge in [-0.2, -0.15) is 0 Å². The molecule has 1 N–H and O–H groups in total. The van der Waals surface area contributed by atoms with E-state index in [-0.39, 0.29) is 5.82 Å². The Morgan fingerprint density at radius 2 is 1.70 bits per heavy atom. The summed E-state index contributed by atoms with van der Waals surface area (Å²) in [5.74, 6) is -0.170. The van der Waals surface area contributed by atoms with Gasteiger partial charge in [-0.15, -0.1) is 0 Å². The molecule has 2 aromatic rings. The molecule has 122 valence electrons. The van der Waals surface area contributed by atoms with Crippen molar-refractivity contribution in [2.75, 3.05) is 19.6 Å². The van der Waals surface area contributed by atoms with Crippen LogP contribution in [0.5, 0.6) is 0 Å². The highest BCUT2D eigenvalue weighted by atomic mass is 19.1. The van der Waals surface area contributed by atoms with Gasteiger partial charge in [0.25, 0.3) is 0 Å². The van der Waals surface area contributed by atoms with Crippen LogP contribution in [0.2, 0.25) is 0 Å². The lowest BCUT2D eigenvalue weighted by Gasteiger charge is -2.32. The van der Waals surface area contributed by atoms with Crippen LogP contribution in [-0.4, -0.2) is 35.6 Å². The third-order valence-electron chi connectivity index (χ3n) is 4.56. The summed E-state index contributed by atoms with van der Waals surface area (Å²) in [6.07, 6.45) is 7.17. The van der Waals surface area contributed by atoms with Gasteiger partial charge < -0.3 is 10.2 Å². The highest BCUT2D eigenvalue weighted by molar-refractivity contribution is 5.15. The monoisotopic (exact) mass is 313 g/mol. The summed E-state index contributed by atoms with van der Waals surface area (Å²) in [4.78, 5) is 6.60. The zero-order valence-corrected chi connectivity index (χ0v) is 13.4. The predicted octanol–water partition coefficient (Wildman–Crippen LogP) is 3.02. The number of hydrogen-bond acceptors (Lipinski definition) is 3. The Labute approximate surface area is 137 Å². The minimum atomic E-state index is -0.170. The van der Waals surface area contributed by atoms with Crippen molar-refractivity contribution < 1.29 is 4.39 Å². The molecule has 0 radical (unpaired) electrons. The molecule has 1 aromatic carbocycles. The Kier molecular flexibility index (Phi) is 5.72. The van der Waals surface area contributed by atoms with Gasteiger partial charge in [0.15, 0.2) is 0 Å². The lowest BCUT2D eigenvalue weighted by molar-refractivity contribution is 0.199. The van der Waals surface area contributed by atoms with Gasteiger partial charge in [-0.25, -0.2) is 4.39 Å². The second-order valence-corrected chi connectivity index (χ2v) is 6.23. The van der Waals surface area contributed by atoms with E-state index in [1.165, 1.54) is 30.5 Å². The number of rotatable bonds is 6. The van der Waals surface area contributed by atoms with E-state index >= 15 is 0 Å². The molecular formula is C19H24FN3. The summed E-state index contributed by atoms with van der Waals surface area (Å²) < 4.78 is 12.9. The normalized spacial score (nSPS) is 16.6. The summed E-state index contributed by atoms with van der Waals surface area (Å²) in [5, 5.41) is 3.59. The molecule has 1 saturated heterocycles. The van der Waals surface area contributed by atoms with Crippen molar-refractivity contribution in [2.45, 2.75) is 31.8 Å². The summed E-state index contributed by atoms with van der Waals surface area (Å²) in [6.45, 7) is 4.23. The van der Waals surface area contributed by atoms with E-state index in [1.807, 2.05) is 24.5 Å². The third-order valence-corrected chi connectivity index (χ3v) is 4.56. The van der Waals surface area contributed by atoms with E-state index in [9.17, 15) is 4.39 Å². The number of nitrogens with one attached hydrogen (secondary N) is 1. The van der Waals surface area contributed by atoms with E-state index in [2.05, 4.69) is 27.3 Å². The molecule has 0 unspecified atom stereocenters. The van der Waals surface area contributed by atoms with Crippen LogP contribution in [0.4, 0.5) is 4.39 Å². The average Bonchev–Trinajstić information content (AvgIpc) is 2.61. The number of aromatic nitrogens is 1. The van der Waals surface area contributed by atoms with Crippen molar-refractivity contribution in [3.63, 3.8) is 0 Å². The predicted molar refractivity (Wildman–Crippen MR) is 90.6 cm³/mol. The second-order valence-electron chi connectivity index (χ2n) is 6.23. The molecule has 0 atom stereocenters. The lowest BCUT2D eigenvalue weighted by Crippen LogP contribution is -2.42. The number of pyridine rings is 1. The van der Waals surface area contributed by atoms with Crippen LogP contribution in [0.1, 0.15) is 24.0 Å². The van der Waals surface area contributed by atoms with Crippen LogP contribution < -0.4 is 5.32 Å². The number of nitrogens with zero attached hydrogens (tertiary/aromatic N) is 2. The van der Waals surface area contributed by atoms with Crippen molar-refractivity contribution in [1.82, 2.24) is 15.2 Å². The largest absolute Gasteiger partial charge is 0.310 e. The molecule has 1 aliphatic heterocycles. The minimum Gasteiger partial charge on any atom is -0.310 e. The standard InChI is InChI=1S/C19H24FN3/c20-18-3-1-17(2-4-18)15-22-19-8-13-23(14-9-19)12-7-16-5-10-21-11-6-16/h1-6,10-11,19,22H,7-9,12-15H2. The smallest absolute Gasteiger partial charge is 0.123 e. The summed E-state index contributed by atoms with van der Waals surface area (Å²) in [6, 6.07) is 11.5. The Morgan fingerprint density at radius 3 is 2.39 bits per heavy atom. The average molecular weight is 313 g/mol. The number of benzene rings is 1. The van der Waals surface area contributed by atoms with Crippen LogP contribution in [0.3, 0.4) is 0 Å². The number of likely N-dealkylation sites (tertiary alicyclic amines) is 1. The number of halogens is 1. The SMILES string of the molecule is Fc1ccc(CNC2CCN(CCc3ccncc3)CC2)cc1. The first kappa shape index (κ1) is 16.1. The summed E-state index contributed by atoms with van der Waals surface area (Å²) >= 11 is 0. The Bertz CT molecular complexity index is 577. The van der Waals surface area contributed by atoms with E-state index in [4.69, 9.17) is 0 Å². The molecule has 0 aliphatic carbocycles. The first-order valence-electron chi connectivity index (χ1n) is 8.39. The number of hydrogen-bond donors (Lipinski definition) is 1. The minimum absolute atomic E-state index is 0.170. The van der Waals surface area contributed by atoms with E-state index < -0.39 is 0 Å². The van der Waals surface area contributed by atoms with Gasteiger partial charge >= 0.3 is 0 Å². The van der Waals surface area contributed by atoms with Crippen molar-refractivity contribution in [2.24, 2.45) is 0 Å². The van der Waals surface area contributed by atoms with Gasteiger partial charge in [0, 0.05) is 31.5 Å². The Balaban J connectivity index is 1.36. The van der Waals surface area contributed by atoms with Gasteiger partial charge in [-0.05, 0) is 67.7 Å². The third kappa shape index (κ3) is 5.12. The molecule has 0 saturated carbocycles. The van der Waals surface area contributed by atoms with E-state index in [0.717, 1.165) is 38.2 Å². The molecule has 1 fully saturated rings. The molecule has 1 aromatic heterocycles. The van der Waals surface area contributed by atoms with Gasteiger partial charge in [-0.1, -0.05) is 12.1 Å². The van der Waals surface area contributed by atoms with Crippen molar-refractivity contribution in [1.29, 1.82) is 0 Å². The molecule has 1 aliphatic rings. The fourth-order valence-electron chi connectivity index (χ4n) is 3.06. The maximum absolute atomic E-state index is 12.9. The molecule has 3 rings (SSSR count). The molecule has 0 amide bonds. The maximum Gasteiger partial charge on any atom is 0.123 e. The van der Waals surface area contributed by atoms with Crippen molar-refractivity contribution >= 4 is 0 Å². The quantitative estimate of drug-likeness (QED) is 0.888. The fourth-order valence-corrected chi connectivity index (χ4v) is 3.06. The maximum atomic E-state index is 12.9. The highest BCUT2D eigenvalue weighted by Crippen LogP contribution is 2.12. The molecule has 2 heterocycles. The number of piperidine rings is 1. The zero-order chi connectivity index (χ0) is 15.9. The molecule has 0 spiro atoms. The molecule has 23 heavy (non-hydrogen) atoms.